The van der Waals surface area contributed by atoms with E-state index in [-0.39, 0.29) is 23.8 Å². The zero-order valence-electron chi connectivity index (χ0n) is 11.6. The van der Waals surface area contributed by atoms with Crippen molar-refractivity contribution in [2.24, 2.45) is 0 Å². The largest absolute Gasteiger partial charge is 0.352 e. The van der Waals surface area contributed by atoms with Gasteiger partial charge in [0.15, 0.2) is 0 Å². The molecule has 2 N–H and O–H groups in total. The first-order chi connectivity index (χ1) is 9.56. The normalized spacial score (nSPS) is 20.4. The minimum atomic E-state index is -0.267. The van der Waals surface area contributed by atoms with Crippen molar-refractivity contribution in [3.05, 3.63) is 34.1 Å². The van der Waals surface area contributed by atoms with Gasteiger partial charge >= 0.3 is 0 Å². The molecule has 2 rings (SSSR count). The fourth-order valence-corrected chi connectivity index (χ4v) is 2.92. The van der Waals surface area contributed by atoms with Crippen molar-refractivity contribution in [1.29, 1.82) is 0 Å². The van der Waals surface area contributed by atoms with Crippen molar-refractivity contribution >= 4 is 21.8 Å². The smallest absolute Gasteiger partial charge is 0.237 e. The molecular formula is C15H20BrFN2O. The van der Waals surface area contributed by atoms with Crippen LogP contribution in [0.3, 0.4) is 0 Å². The molecule has 1 fully saturated rings. The van der Waals surface area contributed by atoms with Crippen LogP contribution in [0, 0.1) is 5.82 Å². The highest BCUT2D eigenvalue weighted by Gasteiger charge is 2.21. The molecule has 3 nitrogen and oxygen atoms in total. The van der Waals surface area contributed by atoms with Gasteiger partial charge in [0.2, 0.25) is 5.91 Å². The van der Waals surface area contributed by atoms with Gasteiger partial charge < -0.3 is 10.6 Å². The van der Waals surface area contributed by atoms with Gasteiger partial charge in [-0.05, 0) is 66.4 Å². The van der Waals surface area contributed by atoms with Gasteiger partial charge in [0, 0.05) is 6.04 Å². The number of hydrogen-bond donors (Lipinski definition) is 2. The van der Waals surface area contributed by atoms with E-state index in [4.69, 9.17) is 0 Å². The molecule has 2 unspecified atom stereocenters. The summed E-state index contributed by atoms with van der Waals surface area (Å²) in [6, 6.07) is 4.92. The predicted octanol–water partition coefficient (Wildman–Crippen LogP) is 2.78. The Bertz CT molecular complexity index is 475. The van der Waals surface area contributed by atoms with Gasteiger partial charge in [0.05, 0.1) is 10.5 Å². The average Bonchev–Trinajstić information content (AvgIpc) is 2.44. The van der Waals surface area contributed by atoms with E-state index in [1.54, 1.807) is 12.1 Å². The highest BCUT2D eigenvalue weighted by Crippen LogP contribution is 2.18. The molecule has 1 aromatic rings. The Kier molecular flexibility index (Phi) is 5.54. The second-order valence-electron chi connectivity index (χ2n) is 5.36. The second kappa shape index (κ2) is 7.18. The maximum absolute atomic E-state index is 13.2. The van der Waals surface area contributed by atoms with Crippen LogP contribution < -0.4 is 10.6 Å². The lowest BCUT2D eigenvalue weighted by Gasteiger charge is -2.24. The van der Waals surface area contributed by atoms with Gasteiger partial charge in [-0.3, -0.25) is 4.79 Å². The maximum atomic E-state index is 13.2. The van der Waals surface area contributed by atoms with Crippen molar-refractivity contribution in [3.63, 3.8) is 0 Å². The molecule has 0 aliphatic carbocycles. The third-order valence-corrected chi connectivity index (χ3v) is 4.15. The lowest BCUT2D eigenvalue weighted by molar-refractivity contribution is -0.124. The number of hydrogen-bond acceptors (Lipinski definition) is 2. The zero-order valence-corrected chi connectivity index (χ0v) is 13.2. The van der Waals surface area contributed by atoms with Gasteiger partial charge in [-0.1, -0.05) is 12.5 Å². The molecule has 1 heterocycles. The minimum absolute atomic E-state index is 0.0311. The summed E-state index contributed by atoms with van der Waals surface area (Å²) >= 11 is 3.18. The van der Waals surface area contributed by atoms with Crippen LogP contribution in [0.5, 0.6) is 0 Å². The van der Waals surface area contributed by atoms with Crippen LogP contribution in [-0.2, 0) is 11.2 Å². The average molecular weight is 343 g/mol. The van der Waals surface area contributed by atoms with Crippen LogP contribution in [0.15, 0.2) is 22.7 Å². The zero-order chi connectivity index (χ0) is 14.5. The van der Waals surface area contributed by atoms with Crippen molar-refractivity contribution < 1.29 is 9.18 Å². The molecule has 5 heteroatoms. The quantitative estimate of drug-likeness (QED) is 0.883. The minimum Gasteiger partial charge on any atom is -0.352 e. The summed E-state index contributed by atoms with van der Waals surface area (Å²) in [6.07, 6.45) is 3.84. The van der Waals surface area contributed by atoms with Gasteiger partial charge in [0.1, 0.15) is 5.82 Å². The van der Waals surface area contributed by atoms with Gasteiger partial charge in [-0.25, -0.2) is 4.39 Å². The van der Waals surface area contributed by atoms with Crippen LogP contribution in [0.25, 0.3) is 0 Å². The Morgan fingerprint density at radius 2 is 2.35 bits per heavy atom. The molecular weight excluding hydrogens is 323 g/mol. The molecule has 1 aliphatic heterocycles. The first-order valence-corrected chi connectivity index (χ1v) is 7.83. The molecule has 2 atom stereocenters. The van der Waals surface area contributed by atoms with Crippen molar-refractivity contribution in [3.8, 4) is 0 Å². The molecule has 1 aromatic carbocycles. The van der Waals surface area contributed by atoms with Crippen LogP contribution in [0.4, 0.5) is 4.39 Å². The fourth-order valence-electron chi connectivity index (χ4n) is 2.49. The Morgan fingerprint density at radius 1 is 1.55 bits per heavy atom. The van der Waals surface area contributed by atoms with E-state index in [2.05, 4.69) is 26.6 Å². The fraction of sp³-hybridized carbons (Fsp3) is 0.533. The van der Waals surface area contributed by atoms with Gasteiger partial charge in [-0.2, -0.15) is 0 Å². The number of halogens is 2. The standard InChI is InChI=1S/C15H20BrFN2O/c1-10(8-11-5-6-13(17)12(16)9-11)19-15(20)14-4-2-3-7-18-14/h5-6,9-10,14,18H,2-4,7-8H2,1H3,(H,19,20). The molecule has 0 radical (unpaired) electrons. The summed E-state index contributed by atoms with van der Waals surface area (Å²) < 4.78 is 13.6. The molecule has 20 heavy (non-hydrogen) atoms. The molecule has 1 amide bonds. The number of amides is 1. The van der Waals surface area contributed by atoms with E-state index in [1.165, 1.54) is 6.07 Å². The molecule has 0 saturated carbocycles. The lowest BCUT2D eigenvalue weighted by atomic mass is 10.0. The van der Waals surface area contributed by atoms with E-state index in [0.717, 1.165) is 31.4 Å². The third-order valence-electron chi connectivity index (χ3n) is 3.54. The van der Waals surface area contributed by atoms with E-state index < -0.39 is 0 Å². The Hall–Kier alpha value is -0.940. The second-order valence-corrected chi connectivity index (χ2v) is 6.22. The van der Waals surface area contributed by atoms with E-state index in [9.17, 15) is 9.18 Å². The number of rotatable bonds is 4. The molecule has 1 aliphatic rings. The van der Waals surface area contributed by atoms with E-state index in [1.807, 2.05) is 6.92 Å². The summed E-state index contributed by atoms with van der Waals surface area (Å²) in [7, 11) is 0. The first kappa shape index (κ1) is 15.4. The van der Waals surface area contributed by atoms with Crippen LogP contribution in [0.2, 0.25) is 0 Å². The SMILES string of the molecule is CC(Cc1ccc(F)c(Br)c1)NC(=O)C1CCCCN1. The molecule has 0 bridgehead atoms. The highest BCUT2D eigenvalue weighted by atomic mass is 79.9. The Balaban J connectivity index is 1.86. The molecule has 1 saturated heterocycles. The van der Waals surface area contributed by atoms with Crippen LogP contribution in [0.1, 0.15) is 31.7 Å². The van der Waals surface area contributed by atoms with Crippen molar-refractivity contribution in [2.45, 2.75) is 44.7 Å². The molecule has 0 spiro atoms. The van der Waals surface area contributed by atoms with Crippen LogP contribution in [-0.4, -0.2) is 24.5 Å². The van der Waals surface area contributed by atoms with Crippen molar-refractivity contribution in [1.82, 2.24) is 10.6 Å². The number of nitrogens with one attached hydrogen (secondary N) is 2. The Labute approximate surface area is 127 Å². The number of carbonyl (C=O) groups is 1. The summed E-state index contributed by atoms with van der Waals surface area (Å²) in [4.78, 5) is 12.1. The van der Waals surface area contributed by atoms with Gasteiger partial charge in [-0.15, -0.1) is 0 Å². The number of carbonyl (C=O) groups excluding carboxylic acids is 1. The number of piperidine rings is 1. The summed E-state index contributed by atoms with van der Waals surface area (Å²) in [5.41, 5.74) is 1.00. The summed E-state index contributed by atoms with van der Waals surface area (Å²) in [6.45, 7) is 2.88. The Morgan fingerprint density at radius 3 is 3.00 bits per heavy atom. The maximum Gasteiger partial charge on any atom is 0.237 e. The van der Waals surface area contributed by atoms with Gasteiger partial charge in [0.25, 0.3) is 0 Å². The highest BCUT2D eigenvalue weighted by molar-refractivity contribution is 9.10. The predicted molar refractivity (Wildman–Crippen MR) is 81.1 cm³/mol. The lowest BCUT2D eigenvalue weighted by Crippen LogP contribution is -2.49. The van der Waals surface area contributed by atoms with E-state index >= 15 is 0 Å². The molecule has 0 aromatic heterocycles. The molecule has 110 valence electrons. The monoisotopic (exact) mass is 342 g/mol. The third kappa shape index (κ3) is 4.28. The van der Waals surface area contributed by atoms with E-state index in [0.29, 0.717) is 10.9 Å². The number of benzene rings is 1. The van der Waals surface area contributed by atoms with Crippen LogP contribution >= 0.6 is 15.9 Å². The summed E-state index contributed by atoms with van der Waals surface area (Å²) in [5.74, 6) is -0.199. The summed E-state index contributed by atoms with van der Waals surface area (Å²) in [5, 5.41) is 6.26. The first-order valence-electron chi connectivity index (χ1n) is 7.04. The topological polar surface area (TPSA) is 41.1 Å². The van der Waals surface area contributed by atoms with Crippen molar-refractivity contribution in [2.75, 3.05) is 6.54 Å².